The van der Waals surface area contributed by atoms with Crippen LogP contribution in [0.4, 0.5) is 0 Å². The van der Waals surface area contributed by atoms with Crippen LogP contribution in [0.5, 0.6) is 0 Å². The molecule has 0 aromatic heterocycles. The SMILES string of the molecule is CC(NCCC(C)(C)O)C1CC2CCC1C2. The highest BCUT2D eigenvalue weighted by molar-refractivity contribution is 4.94. The molecule has 4 atom stereocenters. The first-order valence-electron chi connectivity index (χ1n) is 6.91. The highest BCUT2D eigenvalue weighted by Gasteiger charge is 2.41. The molecule has 2 fully saturated rings. The van der Waals surface area contributed by atoms with Crippen molar-refractivity contribution < 1.29 is 5.11 Å². The average Bonchev–Trinajstić information content (AvgIpc) is 2.76. The average molecular weight is 225 g/mol. The molecule has 0 radical (unpaired) electrons. The summed E-state index contributed by atoms with van der Waals surface area (Å²) in [5, 5.41) is 13.3. The standard InChI is InChI=1S/C14H27NO/c1-10(15-7-6-14(2,3)16)13-9-11-4-5-12(13)8-11/h10-13,15-16H,4-9H2,1-3H3. The Morgan fingerprint density at radius 3 is 2.56 bits per heavy atom. The van der Waals surface area contributed by atoms with Crippen molar-refractivity contribution in [3.63, 3.8) is 0 Å². The monoisotopic (exact) mass is 225 g/mol. The molecule has 2 aliphatic rings. The fourth-order valence-corrected chi connectivity index (χ4v) is 3.66. The van der Waals surface area contributed by atoms with E-state index in [0.29, 0.717) is 6.04 Å². The zero-order valence-corrected chi connectivity index (χ0v) is 11.0. The van der Waals surface area contributed by atoms with E-state index in [0.717, 1.165) is 30.7 Å². The number of aliphatic hydroxyl groups is 1. The van der Waals surface area contributed by atoms with Gasteiger partial charge in [0.1, 0.15) is 0 Å². The van der Waals surface area contributed by atoms with Crippen molar-refractivity contribution in [3.8, 4) is 0 Å². The zero-order valence-electron chi connectivity index (χ0n) is 11.0. The largest absolute Gasteiger partial charge is 0.390 e. The van der Waals surface area contributed by atoms with E-state index < -0.39 is 5.60 Å². The van der Waals surface area contributed by atoms with Crippen LogP contribution in [0.1, 0.15) is 52.9 Å². The molecule has 0 saturated heterocycles. The van der Waals surface area contributed by atoms with E-state index in [-0.39, 0.29) is 0 Å². The molecular formula is C14H27NO. The summed E-state index contributed by atoms with van der Waals surface area (Å²) >= 11 is 0. The molecule has 0 amide bonds. The number of hydrogen-bond acceptors (Lipinski definition) is 2. The van der Waals surface area contributed by atoms with Gasteiger partial charge in [0, 0.05) is 6.04 Å². The molecule has 2 heteroatoms. The van der Waals surface area contributed by atoms with Crippen LogP contribution in [0.2, 0.25) is 0 Å². The minimum atomic E-state index is -0.526. The van der Waals surface area contributed by atoms with E-state index in [1.54, 1.807) is 0 Å². The lowest BCUT2D eigenvalue weighted by molar-refractivity contribution is 0.0693. The Morgan fingerprint density at radius 2 is 2.06 bits per heavy atom. The van der Waals surface area contributed by atoms with E-state index in [1.807, 2.05) is 13.8 Å². The van der Waals surface area contributed by atoms with Gasteiger partial charge in [-0.2, -0.15) is 0 Å². The molecule has 0 aliphatic heterocycles. The molecule has 2 bridgehead atoms. The van der Waals surface area contributed by atoms with Crippen LogP contribution < -0.4 is 5.32 Å². The third-order valence-electron chi connectivity index (χ3n) is 4.64. The van der Waals surface area contributed by atoms with E-state index in [1.165, 1.54) is 25.7 Å². The van der Waals surface area contributed by atoms with Crippen LogP contribution in [-0.4, -0.2) is 23.3 Å². The van der Waals surface area contributed by atoms with E-state index in [2.05, 4.69) is 12.2 Å². The normalized spacial score (nSPS) is 35.6. The number of fused-ring (bicyclic) bond motifs is 2. The molecule has 0 spiro atoms. The third-order valence-corrected chi connectivity index (χ3v) is 4.64. The van der Waals surface area contributed by atoms with E-state index in [4.69, 9.17) is 0 Å². The Bertz CT molecular complexity index is 233. The molecule has 2 saturated carbocycles. The Labute approximate surface area is 99.8 Å². The van der Waals surface area contributed by atoms with Gasteiger partial charge < -0.3 is 10.4 Å². The van der Waals surface area contributed by atoms with Crippen LogP contribution in [0.15, 0.2) is 0 Å². The van der Waals surface area contributed by atoms with Crippen molar-refractivity contribution in [2.75, 3.05) is 6.54 Å². The first kappa shape index (κ1) is 12.4. The van der Waals surface area contributed by atoms with Crippen LogP contribution >= 0.6 is 0 Å². The summed E-state index contributed by atoms with van der Waals surface area (Å²) < 4.78 is 0. The van der Waals surface area contributed by atoms with Gasteiger partial charge in [0.25, 0.3) is 0 Å². The second-order valence-corrected chi connectivity index (χ2v) is 6.64. The van der Waals surface area contributed by atoms with Gasteiger partial charge in [-0.1, -0.05) is 6.42 Å². The van der Waals surface area contributed by atoms with Gasteiger partial charge >= 0.3 is 0 Å². The van der Waals surface area contributed by atoms with E-state index >= 15 is 0 Å². The molecule has 2 nitrogen and oxygen atoms in total. The summed E-state index contributed by atoms with van der Waals surface area (Å²) in [6.45, 7) is 7.04. The van der Waals surface area contributed by atoms with Crippen LogP contribution in [-0.2, 0) is 0 Å². The molecule has 2 N–H and O–H groups in total. The van der Waals surface area contributed by atoms with Crippen molar-refractivity contribution >= 4 is 0 Å². The fraction of sp³-hybridized carbons (Fsp3) is 1.00. The topological polar surface area (TPSA) is 32.3 Å². The molecule has 2 aliphatic carbocycles. The Balaban J connectivity index is 1.70. The minimum Gasteiger partial charge on any atom is -0.390 e. The van der Waals surface area contributed by atoms with Gasteiger partial charge in [0.05, 0.1) is 5.60 Å². The smallest absolute Gasteiger partial charge is 0.0603 e. The summed E-state index contributed by atoms with van der Waals surface area (Å²) in [7, 11) is 0. The summed E-state index contributed by atoms with van der Waals surface area (Å²) in [4.78, 5) is 0. The molecule has 16 heavy (non-hydrogen) atoms. The molecule has 0 heterocycles. The molecular weight excluding hydrogens is 198 g/mol. The zero-order chi connectivity index (χ0) is 11.8. The van der Waals surface area contributed by atoms with E-state index in [9.17, 15) is 5.11 Å². The second kappa shape index (κ2) is 4.66. The quantitative estimate of drug-likeness (QED) is 0.753. The third kappa shape index (κ3) is 2.98. The second-order valence-electron chi connectivity index (χ2n) is 6.64. The molecule has 0 aromatic rings. The van der Waals surface area contributed by atoms with Crippen molar-refractivity contribution in [2.24, 2.45) is 17.8 Å². The Hall–Kier alpha value is -0.0800. The number of hydrogen-bond donors (Lipinski definition) is 2. The maximum atomic E-state index is 9.66. The summed E-state index contributed by atoms with van der Waals surface area (Å²) in [5.41, 5.74) is -0.526. The molecule has 94 valence electrons. The molecule has 4 unspecified atom stereocenters. The highest BCUT2D eigenvalue weighted by Crippen LogP contribution is 2.49. The van der Waals surface area contributed by atoms with Crippen LogP contribution in [0.3, 0.4) is 0 Å². The maximum absolute atomic E-state index is 9.66. The lowest BCUT2D eigenvalue weighted by Crippen LogP contribution is -2.38. The van der Waals surface area contributed by atoms with Gasteiger partial charge in [0.15, 0.2) is 0 Å². The van der Waals surface area contributed by atoms with Crippen molar-refractivity contribution in [3.05, 3.63) is 0 Å². The van der Waals surface area contributed by atoms with Gasteiger partial charge in [0.2, 0.25) is 0 Å². The minimum absolute atomic E-state index is 0.526. The predicted octanol–water partition coefficient (Wildman–Crippen LogP) is 2.56. The summed E-state index contributed by atoms with van der Waals surface area (Å²) in [5.74, 6) is 2.93. The first-order valence-corrected chi connectivity index (χ1v) is 6.91. The highest BCUT2D eigenvalue weighted by atomic mass is 16.3. The number of nitrogens with one attached hydrogen (secondary N) is 1. The maximum Gasteiger partial charge on any atom is 0.0603 e. The molecule has 2 rings (SSSR count). The summed E-state index contributed by atoms with van der Waals surface area (Å²) in [6.07, 6.45) is 6.73. The van der Waals surface area contributed by atoms with Gasteiger partial charge in [-0.05, 0) is 70.8 Å². The fourth-order valence-electron chi connectivity index (χ4n) is 3.66. The van der Waals surface area contributed by atoms with Crippen LogP contribution in [0.25, 0.3) is 0 Å². The first-order chi connectivity index (χ1) is 7.46. The van der Waals surface area contributed by atoms with Crippen molar-refractivity contribution in [1.82, 2.24) is 5.32 Å². The van der Waals surface area contributed by atoms with Crippen molar-refractivity contribution in [2.45, 2.75) is 64.5 Å². The lowest BCUT2D eigenvalue weighted by atomic mass is 9.84. The lowest BCUT2D eigenvalue weighted by Gasteiger charge is -2.29. The van der Waals surface area contributed by atoms with Gasteiger partial charge in [-0.25, -0.2) is 0 Å². The Kier molecular flexibility index (Phi) is 3.60. The van der Waals surface area contributed by atoms with Gasteiger partial charge in [-0.15, -0.1) is 0 Å². The summed E-state index contributed by atoms with van der Waals surface area (Å²) in [6, 6.07) is 0.637. The Morgan fingerprint density at radius 1 is 1.31 bits per heavy atom. The predicted molar refractivity (Wildman–Crippen MR) is 67.3 cm³/mol. The molecule has 0 aromatic carbocycles. The van der Waals surface area contributed by atoms with Crippen molar-refractivity contribution in [1.29, 1.82) is 0 Å². The van der Waals surface area contributed by atoms with Gasteiger partial charge in [-0.3, -0.25) is 0 Å². The number of rotatable bonds is 5. The van der Waals surface area contributed by atoms with Crippen LogP contribution in [0, 0.1) is 17.8 Å².